The van der Waals surface area contributed by atoms with E-state index in [2.05, 4.69) is 22.2 Å². The molecule has 2 aromatic carbocycles. The van der Waals surface area contributed by atoms with E-state index in [1.165, 1.54) is 5.56 Å². The molecule has 2 aromatic rings. The molecule has 1 saturated heterocycles. The van der Waals surface area contributed by atoms with Crippen molar-refractivity contribution < 1.29 is 9.64 Å². The Morgan fingerprint density at radius 1 is 1.17 bits per heavy atom. The van der Waals surface area contributed by atoms with Crippen molar-refractivity contribution in [2.75, 3.05) is 33.3 Å². The van der Waals surface area contributed by atoms with Gasteiger partial charge in [-0.15, -0.1) is 0 Å². The van der Waals surface area contributed by atoms with E-state index in [1.807, 2.05) is 42.6 Å². The zero-order chi connectivity index (χ0) is 16.8. The van der Waals surface area contributed by atoms with Crippen LogP contribution < -0.4 is 9.64 Å². The van der Waals surface area contributed by atoms with E-state index in [9.17, 15) is 0 Å². The third kappa shape index (κ3) is 4.73. The molecule has 24 heavy (non-hydrogen) atoms. The molecule has 126 valence electrons. The fraction of sp³-hybridized carbons (Fsp3) is 0.316. The van der Waals surface area contributed by atoms with Gasteiger partial charge in [0, 0.05) is 10.6 Å². The zero-order valence-electron chi connectivity index (χ0n) is 13.9. The van der Waals surface area contributed by atoms with Crippen LogP contribution in [0.25, 0.3) is 0 Å². The summed E-state index contributed by atoms with van der Waals surface area (Å²) in [6.45, 7) is 5.19. The fourth-order valence-corrected chi connectivity index (χ4v) is 2.99. The molecule has 0 aliphatic carbocycles. The molecule has 4 nitrogen and oxygen atoms in total. The van der Waals surface area contributed by atoms with E-state index >= 15 is 0 Å². The first-order valence-electron chi connectivity index (χ1n) is 8.24. The van der Waals surface area contributed by atoms with Crippen LogP contribution >= 0.6 is 11.6 Å². The van der Waals surface area contributed by atoms with Gasteiger partial charge in [-0.1, -0.05) is 35.9 Å². The van der Waals surface area contributed by atoms with E-state index in [0.717, 1.165) is 49.1 Å². The van der Waals surface area contributed by atoms with Crippen LogP contribution in [0.2, 0.25) is 5.02 Å². The second-order valence-electron chi connectivity index (χ2n) is 6.03. The molecule has 0 unspecified atom stereocenters. The van der Waals surface area contributed by atoms with Crippen LogP contribution in [0.4, 0.5) is 0 Å². The van der Waals surface area contributed by atoms with Gasteiger partial charge >= 0.3 is 0 Å². The molecule has 0 bridgehead atoms. The van der Waals surface area contributed by atoms with Crippen molar-refractivity contribution in [2.24, 2.45) is 5.10 Å². The Balaban J connectivity index is 1.49. The van der Waals surface area contributed by atoms with Gasteiger partial charge in [0.2, 0.25) is 0 Å². The number of nitrogens with zero attached hydrogens (tertiary/aromatic N) is 2. The van der Waals surface area contributed by atoms with Crippen molar-refractivity contribution in [3.63, 3.8) is 0 Å². The number of hydrogen-bond donors (Lipinski definition) is 1. The maximum absolute atomic E-state index is 5.94. The molecular formula is C19H23ClN3O+. The summed E-state index contributed by atoms with van der Waals surface area (Å²) in [6.07, 6.45) is 1.91. The van der Waals surface area contributed by atoms with Crippen molar-refractivity contribution in [3.8, 4) is 5.75 Å². The number of benzene rings is 2. The molecule has 0 amide bonds. The Morgan fingerprint density at radius 2 is 1.92 bits per heavy atom. The molecule has 0 saturated carbocycles. The van der Waals surface area contributed by atoms with E-state index in [0.29, 0.717) is 0 Å². The van der Waals surface area contributed by atoms with Gasteiger partial charge in [-0.2, -0.15) is 5.10 Å². The van der Waals surface area contributed by atoms with Gasteiger partial charge in [0.25, 0.3) is 0 Å². The smallest absolute Gasteiger partial charge is 0.119 e. The third-order valence-corrected chi connectivity index (χ3v) is 4.53. The molecule has 3 rings (SSSR count). The van der Waals surface area contributed by atoms with Gasteiger partial charge in [-0.05, 0) is 29.8 Å². The van der Waals surface area contributed by atoms with E-state index < -0.39 is 0 Å². The van der Waals surface area contributed by atoms with Gasteiger partial charge in [0.1, 0.15) is 12.3 Å². The Morgan fingerprint density at radius 3 is 2.62 bits per heavy atom. The number of methoxy groups -OCH3 is 1. The predicted octanol–water partition coefficient (Wildman–Crippen LogP) is 2.08. The summed E-state index contributed by atoms with van der Waals surface area (Å²) in [5, 5.41) is 7.54. The first-order chi connectivity index (χ1) is 11.7. The number of ether oxygens (including phenoxy) is 1. The Bertz CT molecular complexity index is 679. The summed E-state index contributed by atoms with van der Waals surface area (Å²) in [5.41, 5.74) is 2.40. The molecule has 1 heterocycles. The predicted molar refractivity (Wildman–Crippen MR) is 98.0 cm³/mol. The van der Waals surface area contributed by atoms with Gasteiger partial charge in [0.15, 0.2) is 0 Å². The van der Waals surface area contributed by atoms with Crippen LogP contribution in [0.1, 0.15) is 11.1 Å². The largest absolute Gasteiger partial charge is 0.497 e. The van der Waals surface area contributed by atoms with Crippen molar-refractivity contribution in [2.45, 2.75) is 6.54 Å². The second kappa shape index (κ2) is 8.18. The van der Waals surface area contributed by atoms with Gasteiger partial charge in [-0.25, -0.2) is 0 Å². The first kappa shape index (κ1) is 16.8. The quantitative estimate of drug-likeness (QED) is 0.842. The highest BCUT2D eigenvalue weighted by atomic mass is 35.5. The highest BCUT2D eigenvalue weighted by Gasteiger charge is 2.18. The summed E-state index contributed by atoms with van der Waals surface area (Å²) in [4.78, 5) is 1.59. The molecule has 0 aromatic heterocycles. The van der Waals surface area contributed by atoms with Crippen molar-refractivity contribution >= 4 is 17.8 Å². The SMILES string of the molecule is COc1cccc(C=NN2CC[NH+](Cc3ccc(Cl)cc3)CC2)c1. The normalized spacial score (nSPS) is 15.8. The number of rotatable bonds is 5. The van der Waals surface area contributed by atoms with Gasteiger partial charge in [0.05, 0.1) is 39.5 Å². The molecule has 1 aliphatic rings. The summed E-state index contributed by atoms with van der Waals surface area (Å²) in [5.74, 6) is 0.858. The van der Waals surface area contributed by atoms with Crippen LogP contribution in [0.5, 0.6) is 5.75 Å². The standard InChI is InChI=1S/C19H22ClN3O/c1-24-19-4-2-3-17(13-19)14-21-23-11-9-22(10-12-23)15-16-5-7-18(20)8-6-16/h2-8,13-14H,9-12,15H2,1H3/p+1. The van der Waals surface area contributed by atoms with Crippen molar-refractivity contribution in [1.82, 2.24) is 5.01 Å². The van der Waals surface area contributed by atoms with Crippen molar-refractivity contribution in [1.29, 1.82) is 0 Å². The maximum atomic E-state index is 5.94. The average molecular weight is 345 g/mol. The minimum Gasteiger partial charge on any atom is -0.497 e. The lowest BCUT2D eigenvalue weighted by molar-refractivity contribution is -0.918. The van der Waals surface area contributed by atoms with Gasteiger partial charge < -0.3 is 9.64 Å². The lowest BCUT2D eigenvalue weighted by Crippen LogP contribution is -3.13. The number of halogens is 1. The second-order valence-corrected chi connectivity index (χ2v) is 6.46. The van der Waals surface area contributed by atoms with Crippen LogP contribution in [-0.4, -0.2) is 44.5 Å². The summed E-state index contributed by atoms with van der Waals surface area (Å²) in [6, 6.07) is 16.1. The Hall–Kier alpha value is -2.04. The number of piperazine rings is 1. The van der Waals surface area contributed by atoms with E-state index in [4.69, 9.17) is 16.3 Å². The number of hydrogen-bond acceptors (Lipinski definition) is 3. The third-order valence-electron chi connectivity index (χ3n) is 4.28. The topological polar surface area (TPSA) is 29.3 Å². The van der Waals surface area contributed by atoms with Crippen molar-refractivity contribution in [3.05, 3.63) is 64.7 Å². The molecule has 0 spiro atoms. The lowest BCUT2D eigenvalue weighted by atomic mass is 10.2. The molecular weight excluding hydrogens is 322 g/mol. The number of hydrazone groups is 1. The summed E-state index contributed by atoms with van der Waals surface area (Å²) < 4.78 is 5.24. The lowest BCUT2D eigenvalue weighted by Gasteiger charge is -2.30. The Kier molecular flexibility index (Phi) is 5.72. The average Bonchev–Trinajstić information content (AvgIpc) is 2.63. The highest BCUT2D eigenvalue weighted by Crippen LogP contribution is 2.11. The molecule has 1 aliphatic heterocycles. The molecule has 1 N–H and O–H groups in total. The molecule has 0 atom stereocenters. The number of nitrogens with one attached hydrogen (secondary N) is 1. The zero-order valence-corrected chi connectivity index (χ0v) is 14.7. The van der Waals surface area contributed by atoms with Crippen LogP contribution in [-0.2, 0) is 6.54 Å². The first-order valence-corrected chi connectivity index (χ1v) is 8.62. The minimum absolute atomic E-state index is 0.797. The van der Waals surface area contributed by atoms with Crippen LogP contribution in [0.15, 0.2) is 53.6 Å². The van der Waals surface area contributed by atoms with Gasteiger partial charge in [-0.3, -0.25) is 5.01 Å². The van der Waals surface area contributed by atoms with E-state index in [1.54, 1.807) is 12.0 Å². The highest BCUT2D eigenvalue weighted by molar-refractivity contribution is 6.30. The molecule has 5 heteroatoms. The van der Waals surface area contributed by atoms with Crippen LogP contribution in [0, 0.1) is 0 Å². The Labute approximate surface area is 148 Å². The number of quaternary nitrogens is 1. The fourth-order valence-electron chi connectivity index (χ4n) is 2.86. The maximum Gasteiger partial charge on any atom is 0.119 e. The van der Waals surface area contributed by atoms with Crippen LogP contribution in [0.3, 0.4) is 0 Å². The molecule has 0 radical (unpaired) electrons. The van der Waals surface area contributed by atoms with E-state index in [-0.39, 0.29) is 0 Å². The molecule has 1 fully saturated rings. The summed E-state index contributed by atoms with van der Waals surface area (Å²) in [7, 11) is 1.68. The minimum atomic E-state index is 0.797. The monoisotopic (exact) mass is 344 g/mol. The summed E-state index contributed by atoms with van der Waals surface area (Å²) >= 11 is 5.94.